The molecule has 1 amide bonds. The number of nitrogens with zero attached hydrogens (tertiary/aromatic N) is 2. The number of methoxy groups -OCH3 is 2. The number of benzene rings is 2. The zero-order valence-electron chi connectivity index (χ0n) is 16.2. The Morgan fingerprint density at radius 1 is 1.00 bits per heavy atom. The Labute approximate surface area is 164 Å². The lowest BCUT2D eigenvalue weighted by atomic mass is 10.2. The quantitative estimate of drug-likeness (QED) is 0.675. The van der Waals surface area contributed by atoms with Crippen molar-refractivity contribution in [3.8, 4) is 11.5 Å². The van der Waals surface area contributed by atoms with Crippen molar-refractivity contribution in [1.82, 2.24) is 4.98 Å². The number of pyridine rings is 1. The predicted molar refractivity (Wildman–Crippen MR) is 110 cm³/mol. The van der Waals surface area contributed by atoms with Crippen molar-refractivity contribution in [1.29, 1.82) is 0 Å². The average Bonchev–Trinajstić information content (AvgIpc) is 2.74. The van der Waals surface area contributed by atoms with Crippen molar-refractivity contribution in [3.05, 3.63) is 78.1 Å². The van der Waals surface area contributed by atoms with E-state index in [1.54, 1.807) is 44.7 Å². The largest absolute Gasteiger partial charge is 0.493 e. The van der Waals surface area contributed by atoms with E-state index in [-0.39, 0.29) is 5.91 Å². The highest BCUT2D eigenvalue weighted by Gasteiger charge is 2.11. The highest BCUT2D eigenvalue weighted by molar-refractivity contribution is 6.03. The molecule has 0 aliphatic heterocycles. The third-order valence-electron chi connectivity index (χ3n) is 4.33. The van der Waals surface area contributed by atoms with Gasteiger partial charge in [-0.15, -0.1) is 0 Å². The van der Waals surface area contributed by atoms with Crippen molar-refractivity contribution in [2.45, 2.75) is 6.54 Å². The smallest absolute Gasteiger partial charge is 0.274 e. The van der Waals surface area contributed by atoms with E-state index >= 15 is 0 Å². The number of nitrogens with one attached hydrogen (secondary N) is 1. The van der Waals surface area contributed by atoms with Crippen LogP contribution in [0.1, 0.15) is 16.1 Å². The first-order valence-electron chi connectivity index (χ1n) is 8.85. The average molecular weight is 377 g/mol. The van der Waals surface area contributed by atoms with Crippen LogP contribution >= 0.6 is 0 Å². The Bertz CT molecular complexity index is 928. The highest BCUT2D eigenvalue weighted by Crippen LogP contribution is 2.29. The minimum absolute atomic E-state index is 0.288. The summed E-state index contributed by atoms with van der Waals surface area (Å²) in [5.74, 6) is 0.861. The molecule has 28 heavy (non-hydrogen) atoms. The van der Waals surface area contributed by atoms with Crippen LogP contribution in [0.15, 0.2) is 66.9 Å². The van der Waals surface area contributed by atoms with Gasteiger partial charge in [-0.25, -0.2) is 4.98 Å². The molecule has 3 rings (SSSR count). The molecule has 0 bridgehead atoms. The number of amides is 1. The van der Waals surface area contributed by atoms with Gasteiger partial charge in [0, 0.05) is 25.3 Å². The third kappa shape index (κ3) is 4.59. The molecule has 0 atom stereocenters. The van der Waals surface area contributed by atoms with E-state index in [2.05, 4.69) is 27.3 Å². The summed E-state index contributed by atoms with van der Waals surface area (Å²) < 4.78 is 10.5. The Hall–Kier alpha value is -3.54. The fourth-order valence-electron chi connectivity index (χ4n) is 2.80. The molecule has 3 aromatic rings. The number of rotatable bonds is 7. The summed E-state index contributed by atoms with van der Waals surface area (Å²) in [6.07, 6.45) is 1.70. The summed E-state index contributed by atoms with van der Waals surface area (Å²) in [5.41, 5.74) is 3.09. The Morgan fingerprint density at radius 3 is 2.39 bits per heavy atom. The van der Waals surface area contributed by atoms with E-state index in [4.69, 9.17) is 9.47 Å². The lowest BCUT2D eigenvalue weighted by Gasteiger charge is -2.19. The minimum atomic E-state index is -0.288. The molecule has 0 saturated heterocycles. The molecule has 1 N–H and O–H groups in total. The van der Waals surface area contributed by atoms with Crippen molar-refractivity contribution in [2.75, 3.05) is 31.5 Å². The number of anilines is 2. The number of carbonyl (C=O) groups excluding carboxylic acids is 1. The molecule has 0 fully saturated rings. The normalized spacial score (nSPS) is 10.2. The molecule has 1 aromatic heterocycles. The van der Waals surface area contributed by atoms with Crippen LogP contribution in [0.3, 0.4) is 0 Å². The minimum Gasteiger partial charge on any atom is -0.493 e. The Kier molecular flexibility index (Phi) is 6.11. The third-order valence-corrected chi connectivity index (χ3v) is 4.33. The molecule has 0 aliphatic rings. The summed E-state index contributed by atoms with van der Waals surface area (Å²) in [5, 5.41) is 2.82. The van der Waals surface area contributed by atoms with Crippen molar-refractivity contribution in [2.24, 2.45) is 0 Å². The summed E-state index contributed by atoms with van der Waals surface area (Å²) >= 11 is 0. The van der Waals surface area contributed by atoms with Gasteiger partial charge in [-0.3, -0.25) is 4.79 Å². The molecule has 6 nitrogen and oxygen atoms in total. The van der Waals surface area contributed by atoms with Crippen molar-refractivity contribution < 1.29 is 14.3 Å². The Morgan fingerprint density at radius 2 is 1.75 bits per heavy atom. The molecular weight excluding hydrogens is 354 g/mol. The fourth-order valence-corrected chi connectivity index (χ4v) is 2.80. The molecule has 0 aliphatic carbocycles. The van der Waals surface area contributed by atoms with Crippen molar-refractivity contribution in [3.63, 3.8) is 0 Å². The zero-order valence-corrected chi connectivity index (χ0v) is 16.2. The van der Waals surface area contributed by atoms with E-state index in [1.165, 1.54) is 5.56 Å². The van der Waals surface area contributed by atoms with Gasteiger partial charge in [0.15, 0.2) is 11.5 Å². The number of hydrogen-bond acceptors (Lipinski definition) is 5. The maximum Gasteiger partial charge on any atom is 0.274 e. The molecule has 1 heterocycles. The molecule has 2 aromatic carbocycles. The van der Waals surface area contributed by atoms with Gasteiger partial charge in [0.25, 0.3) is 5.91 Å². The first-order chi connectivity index (χ1) is 13.6. The molecule has 0 spiro atoms. The SMILES string of the molecule is COc1ccc(NC(=O)c2ccc(N(C)Cc3ccccc3)cn2)cc1OC. The van der Waals surface area contributed by atoms with Gasteiger partial charge in [0.1, 0.15) is 5.69 Å². The molecule has 6 heteroatoms. The first kappa shape index (κ1) is 19.2. The van der Waals surface area contributed by atoms with Crippen molar-refractivity contribution >= 4 is 17.3 Å². The lowest BCUT2D eigenvalue weighted by molar-refractivity contribution is 0.102. The molecule has 0 unspecified atom stereocenters. The highest BCUT2D eigenvalue weighted by atomic mass is 16.5. The van der Waals surface area contributed by atoms with Gasteiger partial charge in [-0.2, -0.15) is 0 Å². The second-order valence-electron chi connectivity index (χ2n) is 6.27. The van der Waals surface area contributed by atoms with Gasteiger partial charge in [0.2, 0.25) is 0 Å². The fraction of sp³-hybridized carbons (Fsp3) is 0.182. The molecule has 0 saturated carbocycles. The van der Waals surface area contributed by atoms with Crippen LogP contribution in [-0.2, 0) is 6.54 Å². The van der Waals surface area contributed by atoms with Gasteiger partial charge >= 0.3 is 0 Å². The first-order valence-corrected chi connectivity index (χ1v) is 8.85. The van der Waals surface area contributed by atoms with Crippen LogP contribution in [0.5, 0.6) is 11.5 Å². The topological polar surface area (TPSA) is 63.7 Å². The van der Waals surface area contributed by atoms with Crippen LogP contribution in [0.25, 0.3) is 0 Å². The summed E-state index contributed by atoms with van der Waals surface area (Å²) in [4.78, 5) is 18.9. The predicted octanol–water partition coefficient (Wildman–Crippen LogP) is 3.99. The van der Waals surface area contributed by atoms with Gasteiger partial charge in [0.05, 0.1) is 26.1 Å². The molecule has 0 radical (unpaired) electrons. The van der Waals surface area contributed by atoms with E-state index in [0.29, 0.717) is 22.9 Å². The number of aromatic nitrogens is 1. The van der Waals surface area contributed by atoms with Crippen LogP contribution in [0.2, 0.25) is 0 Å². The molecule has 144 valence electrons. The number of hydrogen-bond donors (Lipinski definition) is 1. The number of ether oxygens (including phenoxy) is 2. The van der Waals surface area contributed by atoms with E-state index in [1.807, 2.05) is 31.3 Å². The standard InChI is InChI=1S/C22H23N3O3/c1-25(15-16-7-5-4-6-8-16)18-10-11-19(23-14-18)22(26)24-17-9-12-20(27-2)21(13-17)28-3/h4-14H,15H2,1-3H3,(H,24,26). The van der Waals surface area contributed by atoms with Crippen LogP contribution < -0.4 is 19.7 Å². The zero-order chi connectivity index (χ0) is 19.9. The number of carbonyl (C=O) groups is 1. The summed E-state index contributed by atoms with van der Waals surface area (Å²) in [7, 11) is 5.11. The second-order valence-corrected chi connectivity index (χ2v) is 6.27. The summed E-state index contributed by atoms with van der Waals surface area (Å²) in [6, 6.07) is 19.0. The summed E-state index contributed by atoms with van der Waals surface area (Å²) in [6.45, 7) is 0.764. The van der Waals surface area contributed by atoms with Gasteiger partial charge in [-0.1, -0.05) is 30.3 Å². The lowest BCUT2D eigenvalue weighted by Crippen LogP contribution is -2.18. The Balaban J connectivity index is 1.66. The van der Waals surface area contributed by atoms with E-state index in [0.717, 1.165) is 12.2 Å². The maximum atomic E-state index is 12.5. The maximum absolute atomic E-state index is 12.5. The monoisotopic (exact) mass is 377 g/mol. The van der Waals surface area contributed by atoms with Crippen LogP contribution in [0, 0.1) is 0 Å². The second kappa shape index (κ2) is 8.90. The van der Waals surface area contributed by atoms with Gasteiger partial charge in [-0.05, 0) is 29.8 Å². The van der Waals surface area contributed by atoms with Crippen LogP contribution in [-0.4, -0.2) is 32.2 Å². The van der Waals surface area contributed by atoms with E-state index < -0.39 is 0 Å². The van der Waals surface area contributed by atoms with E-state index in [9.17, 15) is 4.79 Å². The van der Waals surface area contributed by atoms with Crippen LogP contribution in [0.4, 0.5) is 11.4 Å². The van der Waals surface area contributed by atoms with Gasteiger partial charge < -0.3 is 19.7 Å². The molecular formula is C22H23N3O3.